The van der Waals surface area contributed by atoms with Crippen LogP contribution in [0.2, 0.25) is 0 Å². The third kappa shape index (κ3) is 2.93. The van der Waals surface area contributed by atoms with Gasteiger partial charge in [-0.3, -0.25) is 9.78 Å². The Balaban J connectivity index is 1.97. The van der Waals surface area contributed by atoms with E-state index in [2.05, 4.69) is 20.9 Å². The molecule has 0 bridgehead atoms. The van der Waals surface area contributed by atoms with Crippen LogP contribution in [-0.2, 0) is 0 Å². The Hall–Kier alpha value is -0.650. The number of pyridine rings is 1. The minimum atomic E-state index is 0.156. The highest BCUT2D eigenvalue weighted by Crippen LogP contribution is 2.26. The van der Waals surface area contributed by atoms with Gasteiger partial charge in [0, 0.05) is 21.8 Å². The lowest BCUT2D eigenvalue weighted by Gasteiger charge is -1.99. The molecule has 2 aromatic heterocycles. The van der Waals surface area contributed by atoms with Gasteiger partial charge < -0.3 is 0 Å². The molecule has 2 aromatic rings. The van der Waals surface area contributed by atoms with Crippen molar-refractivity contribution in [3.63, 3.8) is 0 Å². The van der Waals surface area contributed by atoms with E-state index in [9.17, 15) is 4.79 Å². The SMILES string of the molecule is O=C(CSc1ccncc1)c1sccc1Br. The van der Waals surface area contributed by atoms with Crippen molar-refractivity contribution in [1.82, 2.24) is 4.98 Å². The number of halogens is 1. The van der Waals surface area contributed by atoms with Gasteiger partial charge in [0.05, 0.1) is 10.6 Å². The molecule has 0 spiro atoms. The number of carbonyl (C=O) groups excluding carboxylic acids is 1. The first-order valence-corrected chi connectivity index (χ1v) is 7.22. The van der Waals surface area contributed by atoms with Gasteiger partial charge in [0.15, 0.2) is 5.78 Å². The summed E-state index contributed by atoms with van der Waals surface area (Å²) in [7, 11) is 0. The van der Waals surface area contributed by atoms with Crippen molar-refractivity contribution in [1.29, 1.82) is 0 Å². The summed E-state index contributed by atoms with van der Waals surface area (Å²) in [6, 6.07) is 5.71. The third-order valence-corrected chi connectivity index (χ3v) is 4.78. The van der Waals surface area contributed by atoms with E-state index >= 15 is 0 Å². The molecule has 16 heavy (non-hydrogen) atoms. The normalized spacial score (nSPS) is 10.3. The number of rotatable bonds is 4. The Kier molecular flexibility index (Phi) is 4.15. The quantitative estimate of drug-likeness (QED) is 0.634. The van der Waals surface area contributed by atoms with E-state index < -0.39 is 0 Å². The van der Waals surface area contributed by atoms with Gasteiger partial charge in [-0.1, -0.05) is 0 Å². The minimum absolute atomic E-state index is 0.156. The molecule has 2 rings (SSSR count). The Morgan fingerprint density at radius 3 is 2.75 bits per heavy atom. The number of thioether (sulfide) groups is 1. The number of nitrogens with zero attached hydrogens (tertiary/aromatic N) is 1. The maximum Gasteiger partial charge on any atom is 0.184 e. The Labute approximate surface area is 110 Å². The molecule has 2 heterocycles. The average Bonchev–Trinajstić information content (AvgIpc) is 2.74. The molecule has 82 valence electrons. The highest BCUT2D eigenvalue weighted by Gasteiger charge is 2.11. The van der Waals surface area contributed by atoms with Crippen LogP contribution in [0.15, 0.2) is 45.3 Å². The molecule has 0 saturated heterocycles. The third-order valence-electron chi connectivity index (χ3n) is 1.89. The second-order valence-electron chi connectivity index (χ2n) is 2.99. The molecule has 0 aliphatic rings. The van der Waals surface area contributed by atoms with Crippen molar-refractivity contribution < 1.29 is 4.79 Å². The number of carbonyl (C=O) groups is 1. The lowest BCUT2D eigenvalue weighted by molar-refractivity contribution is 0.102. The van der Waals surface area contributed by atoms with Crippen LogP contribution in [0.25, 0.3) is 0 Å². The molecular formula is C11H8BrNOS2. The largest absolute Gasteiger partial charge is 0.292 e. The number of hydrogen-bond donors (Lipinski definition) is 0. The lowest BCUT2D eigenvalue weighted by atomic mass is 10.3. The first kappa shape index (κ1) is 11.8. The lowest BCUT2D eigenvalue weighted by Crippen LogP contribution is -2.00. The second kappa shape index (κ2) is 5.61. The molecule has 0 aromatic carbocycles. The summed E-state index contributed by atoms with van der Waals surface area (Å²) in [4.78, 5) is 17.6. The Morgan fingerprint density at radius 1 is 1.38 bits per heavy atom. The van der Waals surface area contributed by atoms with Gasteiger partial charge in [0.25, 0.3) is 0 Å². The van der Waals surface area contributed by atoms with E-state index in [1.165, 1.54) is 23.1 Å². The molecule has 0 unspecified atom stereocenters. The zero-order chi connectivity index (χ0) is 11.4. The second-order valence-corrected chi connectivity index (χ2v) is 5.81. The highest BCUT2D eigenvalue weighted by atomic mass is 79.9. The predicted molar refractivity (Wildman–Crippen MR) is 71.3 cm³/mol. The maximum absolute atomic E-state index is 11.8. The number of aromatic nitrogens is 1. The maximum atomic E-state index is 11.8. The standard InChI is InChI=1S/C11H8BrNOS2/c12-9-3-6-15-11(9)10(14)7-16-8-1-4-13-5-2-8/h1-6H,7H2. The number of ketones is 1. The van der Waals surface area contributed by atoms with Crippen LogP contribution in [0, 0.1) is 0 Å². The molecule has 2 nitrogen and oxygen atoms in total. The molecule has 0 amide bonds. The van der Waals surface area contributed by atoms with Gasteiger partial charge in [-0.25, -0.2) is 0 Å². The summed E-state index contributed by atoms with van der Waals surface area (Å²) < 4.78 is 0.887. The molecule has 0 N–H and O–H groups in total. The van der Waals surface area contributed by atoms with Crippen LogP contribution in [0.4, 0.5) is 0 Å². The van der Waals surface area contributed by atoms with Crippen LogP contribution < -0.4 is 0 Å². The minimum Gasteiger partial charge on any atom is -0.292 e. The van der Waals surface area contributed by atoms with E-state index in [0.29, 0.717) is 5.75 Å². The van der Waals surface area contributed by atoms with E-state index in [1.807, 2.05) is 23.6 Å². The van der Waals surface area contributed by atoms with E-state index in [4.69, 9.17) is 0 Å². The van der Waals surface area contributed by atoms with E-state index in [-0.39, 0.29) is 5.78 Å². The van der Waals surface area contributed by atoms with Crippen LogP contribution >= 0.6 is 39.0 Å². The van der Waals surface area contributed by atoms with Gasteiger partial charge in [0.1, 0.15) is 0 Å². The smallest absolute Gasteiger partial charge is 0.184 e. The van der Waals surface area contributed by atoms with Crippen molar-refractivity contribution in [3.8, 4) is 0 Å². The zero-order valence-corrected chi connectivity index (χ0v) is 11.4. The summed E-state index contributed by atoms with van der Waals surface area (Å²) in [5.41, 5.74) is 0. The Morgan fingerprint density at radius 2 is 2.12 bits per heavy atom. The van der Waals surface area contributed by atoms with Crippen LogP contribution in [-0.4, -0.2) is 16.5 Å². The molecule has 5 heteroatoms. The first-order chi connectivity index (χ1) is 7.77. The van der Waals surface area contributed by atoms with Crippen molar-refractivity contribution in [2.24, 2.45) is 0 Å². The molecule has 0 saturated carbocycles. The van der Waals surface area contributed by atoms with Gasteiger partial charge in [-0.2, -0.15) is 0 Å². The van der Waals surface area contributed by atoms with Gasteiger partial charge >= 0.3 is 0 Å². The number of hydrogen-bond acceptors (Lipinski definition) is 4. The molecular weight excluding hydrogens is 306 g/mol. The summed E-state index contributed by atoms with van der Waals surface area (Å²) in [5.74, 6) is 0.618. The fourth-order valence-corrected chi connectivity index (χ4v) is 3.52. The molecule has 0 radical (unpaired) electrons. The van der Waals surface area contributed by atoms with Crippen LogP contribution in [0.5, 0.6) is 0 Å². The zero-order valence-electron chi connectivity index (χ0n) is 8.22. The van der Waals surface area contributed by atoms with E-state index in [1.54, 1.807) is 12.4 Å². The number of thiophene rings is 1. The molecule has 0 aliphatic carbocycles. The monoisotopic (exact) mass is 313 g/mol. The summed E-state index contributed by atoms with van der Waals surface area (Å²) in [6.07, 6.45) is 3.46. The fraction of sp³-hybridized carbons (Fsp3) is 0.0909. The summed E-state index contributed by atoms with van der Waals surface area (Å²) in [5, 5.41) is 1.91. The topological polar surface area (TPSA) is 30.0 Å². The predicted octanol–water partition coefficient (Wildman–Crippen LogP) is 3.88. The van der Waals surface area contributed by atoms with Crippen LogP contribution in [0.1, 0.15) is 9.67 Å². The van der Waals surface area contributed by atoms with Crippen molar-refractivity contribution in [2.75, 3.05) is 5.75 Å². The van der Waals surface area contributed by atoms with Gasteiger partial charge in [0.2, 0.25) is 0 Å². The molecule has 0 atom stereocenters. The molecule has 0 fully saturated rings. The summed E-state index contributed by atoms with van der Waals surface area (Å²) >= 11 is 6.37. The summed E-state index contributed by atoms with van der Waals surface area (Å²) in [6.45, 7) is 0. The average molecular weight is 314 g/mol. The van der Waals surface area contributed by atoms with E-state index in [0.717, 1.165) is 14.2 Å². The fourth-order valence-electron chi connectivity index (χ4n) is 1.14. The highest BCUT2D eigenvalue weighted by molar-refractivity contribution is 9.10. The van der Waals surface area contributed by atoms with Crippen molar-refractivity contribution in [3.05, 3.63) is 45.3 Å². The Bertz CT molecular complexity index is 484. The van der Waals surface area contributed by atoms with Crippen molar-refractivity contribution >= 4 is 44.8 Å². The molecule has 0 aliphatic heterocycles. The van der Waals surface area contributed by atoms with Gasteiger partial charge in [-0.15, -0.1) is 23.1 Å². The van der Waals surface area contributed by atoms with Gasteiger partial charge in [-0.05, 0) is 39.5 Å². The first-order valence-electron chi connectivity index (χ1n) is 4.56. The van der Waals surface area contributed by atoms with Crippen molar-refractivity contribution in [2.45, 2.75) is 4.90 Å². The number of Topliss-reactive ketones (excluding diaryl/α,β-unsaturated/α-hetero) is 1. The van der Waals surface area contributed by atoms with Crippen LogP contribution in [0.3, 0.4) is 0 Å².